The van der Waals surface area contributed by atoms with Gasteiger partial charge >= 0.3 is 0 Å². The first-order valence-electron chi connectivity index (χ1n) is 11.4. The zero-order valence-corrected chi connectivity index (χ0v) is 20.1. The second kappa shape index (κ2) is 11.3. The summed E-state index contributed by atoms with van der Waals surface area (Å²) in [4.78, 5) is 15.5. The van der Waals surface area contributed by atoms with Crippen molar-refractivity contribution in [1.29, 1.82) is 0 Å². The maximum atomic E-state index is 13.3. The van der Waals surface area contributed by atoms with Gasteiger partial charge in [-0.1, -0.05) is 30.3 Å². The minimum Gasteiger partial charge on any atom is -0.495 e. The van der Waals surface area contributed by atoms with Gasteiger partial charge in [0, 0.05) is 38.3 Å². The van der Waals surface area contributed by atoms with Gasteiger partial charge in [0.25, 0.3) is 5.91 Å². The third kappa shape index (κ3) is 5.76. The molecule has 9 nitrogen and oxygen atoms in total. The van der Waals surface area contributed by atoms with Gasteiger partial charge in [-0.15, -0.1) is 0 Å². The molecule has 1 atom stereocenters. The maximum Gasteiger partial charge on any atom is 0.251 e. The molecule has 1 N–H and O–H groups in total. The summed E-state index contributed by atoms with van der Waals surface area (Å²) in [7, 11) is -2.42. The molecule has 2 aromatic rings. The summed E-state index contributed by atoms with van der Waals surface area (Å²) in [6.45, 7) is 4.74. The van der Waals surface area contributed by atoms with Gasteiger partial charge in [-0.05, 0) is 23.8 Å². The third-order valence-corrected chi connectivity index (χ3v) is 7.99. The number of rotatable bonds is 8. The van der Waals surface area contributed by atoms with Gasteiger partial charge in [-0.25, -0.2) is 8.42 Å². The normalized spacial score (nSPS) is 18.9. The highest BCUT2D eigenvalue weighted by atomic mass is 32.2. The molecule has 0 aromatic heterocycles. The lowest BCUT2D eigenvalue weighted by atomic mass is 10.1. The van der Waals surface area contributed by atoms with E-state index in [4.69, 9.17) is 14.2 Å². The largest absolute Gasteiger partial charge is 0.495 e. The predicted octanol–water partition coefficient (Wildman–Crippen LogP) is 1.52. The monoisotopic (exact) mass is 489 g/mol. The van der Waals surface area contributed by atoms with Crippen molar-refractivity contribution in [1.82, 2.24) is 14.5 Å². The number of ether oxygens (including phenoxy) is 3. The van der Waals surface area contributed by atoms with Crippen molar-refractivity contribution in [3.8, 4) is 5.75 Å². The van der Waals surface area contributed by atoms with Crippen LogP contribution in [-0.4, -0.2) is 89.8 Å². The molecule has 2 heterocycles. The molecule has 10 heteroatoms. The third-order valence-electron chi connectivity index (χ3n) is 6.07. The molecule has 0 radical (unpaired) electrons. The van der Waals surface area contributed by atoms with E-state index in [9.17, 15) is 13.2 Å². The second-order valence-corrected chi connectivity index (χ2v) is 10.1. The molecule has 1 amide bonds. The van der Waals surface area contributed by atoms with Crippen LogP contribution in [0.25, 0.3) is 0 Å². The molecule has 0 saturated carbocycles. The minimum absolute atomic E-state index is 0.0195. The Kier molecular flexibility index (Phi) is 8.17. The first-order valence-corrected chi connectivity index (χ1v) is 12.8. The Labute approximate surface area is 200 Å². The fraction of sp³-hybridized carbons (Fsp3) is 0.458. The van der Waals surface area contributed by atoms with Crippen molar-refractivity contribution in [2.45, 2.75) is 10.9 Å². The van der Waals surface area contributed by atoms with Crippen LogP contribution in [0.2, 0.25) is 0 Å². The van der Waals surface area contributed by atoms with Crippen molar-refractivity contribution in [3.05, 3.63) is 59.7 Å². The molecule has 0 spiro atoms. The fourth-order valence-corrected chi connectivity index (χ4v) is 5.74. The molecule has 34 heavy (non-hydrogen) atoms. The average molecular weight is 490 g/mol. The van der Waals surface area contributed by atoms with E-state index >= 15 is 0 Å². The van der Waals surface area contributed by atoms with Crippen molar-refractivity contribution in [3.63, 3.8) is 0 Å². The lowest BCUT2D eigenvalue weighted by Crippen LogP contribution is -2.43. The van der Waals surface area contributed by atoms with E-state index < -0.39 is 10.0 Å². The van der Waals surface area contributed by atoms with Crippen molar-refractivity contribution in [2.24, 2.45) is 0 Å². The van der Waals surface area contributed by atoms with E-state index in [1.54, 1.807) is 6.07 Å². The van der Waals surface area contributed by atoms with Crippen LogP contribution in [0.15, 0.2) is 53.4 Å². The molecule has 2 saturated heterocycles. The smallest absolute Gasteiger partial charge is 0.251 e. The number of sulfonamides is 1. The first kappa shape index (κ1) is 24.6. The van der Waals surface area contributed by atoms with E-state index in [-0.39, 0.29) is 41.2 Å². The highest BCUT2D eigenvalue weighted by Gasteiger charge is 2.30. The summed E-state index contributed by atoms with van der Waals surface area (Å²) in [6, 6.07) is 14.0. The summed E-state index contributed by atoms with van der Waals surface area (Å²) in [5.74, 6) is -0.140. The van der Waals surface area contributed by atoms with Gasteiger partial charge in [0.1, 0.15) is 10.6 Å². The van der Waals surface area contributed by atoms with Crippen molar-refractivity contribution in [2.75, 3.05) is 66.3 Å². The molecular formula is C24H31N3O6S. The number of methoxy groups -OCH3 is 1. The van der Waals surface area contributed by atoms with Gasteiger partial charge in [0.15, 0.2) is 0 Å². The summed E-state index contributed by atoms with van der Waals surface area (Å²) in [5.41, 5.74) is 1.24. The number of nitrogens with one attached hydrogen (secondary N) is 1. The Bertz CT molecular complexity index is 1070. The van der Waals surface area contributed by atoms with Gasteiger partial charge in [-0.3, -0.25) is 9.69 Å². The average Bonchev–Trinajstić information content (AvgIpc) is 2.89. The Morgan fingerprint density at radius 3 is 2.29 bits per heavy atom. The fourth-order valence-electron chi connectivity index (χ4n) is 4.15. The van der Waals surface area contributed by atoms with Gasteiger partial charge in [-0.2, -0.15) is 4.31 Å². The molecule has 0 bridgehead atoms. The molecule has 0 aliphatic carbocycles. The Morgan fingerprint density at radius 1 is 1.00 bits per heavy atom. The summed E-state index contributed by atoms with van der Waals surface area (Å²) in [6.07, 6.45) is 0. The Morgan fingerprint density at radius 2 is 1.65 bits per heavy atom. The maximum absolute atomic E-state index is 13.3. The molecule has 2 aliphatic heterocycles. The van der Waals surface area contributed by atoms with E-state index in [1.807, 2.05) is 30.3 Å². The Hall–Kier alpha value is -2.50. The number of carbonyl (C=O) groups excluding carboxylic acids is 1. The summed E-state index contributed by atoms with van der Waals surface area (Å²) >= 11 is 0. The lowest BCUT2D eigenvalue weighted by Gasteiger charge is -2.31. The highest BCUT2D eigenvalue weighted by molar-refractivity contribution is 7.89. The van der Waals surface area contributed by atoms with Crippen LogP contribution in [0.1, 0.15) is 22.0 Å². The molecule has 2 aliphatic rings. The zero-order valence-electron chi connectivity index (χ0n) is 19.3. The minimum atomic E-state index is -3.84. The number of hydrogen-bond donors (Lipinski definition) is 1. The predicted molar refractivity (Wildman–Crippen MR) is 126 cm³/mol. The van der Waals surface area contributed by atoms with Crippen LogP contribution >= 0.6 is 0 Å². The number of morpholine rings is 2. The molecule has 1 unspecified atom stereocenters. The van der Waals surface area contributed by atoms with Gasteiger partial charge < -0.3 is 19.5 Å². The quantitative estimate of drug-likeness (QED) is 0.601. The van der Waals surface area contributed by atoms with E-state index in [0.29, 0.717) is 33.0 Å². The number of hydrogen-bond acceptors (Lipinski definition) is 7. The topological polar surface area (TPSA) is 97.4 Å². The van der Waals surface area contributed by atoms with Gasteiger partial charge in [0.2, 0.25) is 10.0 Å². The van der Waals surface area contributed by atoms with E-state index in [2.05, 4.69) is 10.2 Å². The molecule has 184 valence electrons. The van der Waals surface area contributed by atoms with E-state index in [1.165, 1.54) is 23.5 Å². The number of amides is 1. The van der Waals surface area contributed by atoms with Crippen LogP contribution in [0.4, 0.5) is 0 Å². The highest BCUT2D eigenvalue weighted by Crippen LogP contribution is 2.29. The molecule has 4 rings (SSSR count). The second-order valence-electron chi connectivity index (χ2n) is 8.23. The van der Waals surface area contributed by atoms with Crippen LogP contribution in [0.5, 0.6) is 5.75 Å². The Balaban J connectivity index is 1.58. The van der Waals surface area contributed by atoms with Gasteiger partial charge in [0.05, 0.1) is 39.6 Å². The van der Waals surface area contributed by atoms with Crippen molar-refractivity contribution < 1.29 is 27.4 Å². The van der Waals surface area contributed by atoms with E-state index in [0.717, 1.165) is 18.7 Å². The standard InChI is InChI=1S/C24H31N3O6S/c1-31-22-8-7-20(17-23(22)34(29,30)27-11-15-33-16-12-27)24(28)25-21(19-5-3-2-4-6-19)18-26-9-13-32-14-10-26/h2-8,17,21H,9-16,18H2,1H3,(H,25,28). The van der Waals surface area contributed by atoms with Crippen molar-refractivity contribution >= 4 is 15.9 Å². The number of nitrogens with zero attached hydrogens (tertiary/aromatic N) is 2. The number of carbonyl (C=O) groups is 1. The summed E-state index contributed by atoms with van der Waals surface area (Å²) < 4.78 is 44.0. The van der Waals surface area contributed by atoms with Crippen LogP contribution in [-0.2, 0) is 19.5 Å². The molecular weight excluding hydrogens is 458 g/mol. The summed E-state index contributed by atoms with van der Waals surface area (Å²) in [5, 5.41) is 3.10. The first-order chi connectivity index (χ1) is 16.5. The SMILES string of the molecule is COc1ccc(C(=O)NC(CN2CCOCC2)c2ccccc2)cc1S(=O)(=O)N1CCOCC1. The molecule has 2 aromatic carbocycles. The van der Waals surface area contributed by atoms with Crippen LogP contribution in [0, 0.1) is 0 Å². The lowest BCUT2D eigenvalue weighted by molar-refractivity contribution is 0.0332. The zero-order chi connectivity index (χ0) is 24.0. The van der Waals surface area contributed by atoms with Crippen LogP contribution < -0.4 is 10.1 Å². The number of benzene rings is 2. The molecule has 2 fully saturated rings. The van der Waals surface area contributed by atoms with Crippen LogP contribution in [0.3, 0.4) is 0 Å².